The number of nitrogens with zero attached hydrogens (tertiary/aromatic N) is 4. The van der Waals surface area contributed by atoms with Crippen LogP contribution < -0.4 is 10.6 Å². The van der Waals surface area contributed by atoms with Gasteiger partial charge in [-0.2, -0.15) is 0 Å². The molecule has 3 aromatic rings. The monoisotopic (exact) mass is 378 g/mol. The minimum absolute atomic E-state index is 0.0693. The molecular formula is C22H26N4O2. The third kappa shape index (κ3) is 3.54. The summed E-state index contributed by atoms with van der Waals surface area (Å²) in [5.74, 6) is 0.120. The predicted molar refractivity (Wildman–Crippen MR) is 112 cm³/mol. The lowest BCUT2D eigenvalue weighted by molar-refractivity contribution is -0.131. The van der Waals surface area contributed by atoms with Gasteiger partial charge in [0, 0.05) is 51.9 Å². The van der Waals surface area contributed by atoms with Crippen LogP contribution in [0.3, 0.4) is 0 Å². The summed E-state index contributed by atoms with van der Waals surface area (Å²) in [5, 5.41) is 0. The molecule has 1 fully saturated rings. The van der Waals surface area contributed by atoms with E-state index < -0.39 is 0 Å². The molecule has 0 spiro atoms. The Labute approximate surface area is 164 Å². The highest BCUT2D eigenvalue weighted by molar-refractivity contribution is 5.78. The van der Waals surface area contributed by atoms with Crippen molar-refractivity contribution in [3.8, 4) is 0 Å². The van der Waals surface area contributed by atoms with E-state index >= 15 is 0 Å². The zero-order valence-electron chi connectivity index (χ0n) is 16.3. The third-order valence-corrected chi connectivity index (χ3v) is 5.57. The summed E-state index contributed by atoms with van der Waals surface area (Å²) in [7, 11) is 1.77. The van der Waals surface area contributed by atoms with Gasteiger partial charge in [0.25, 0.3) is 0 Å². The first-order chi connectivity index (χ1) is 13.6. The van der Waals surface area contributed by atoms with E-state index in [0.29, 0.717) is 13.0 Å². The summed E-state index contributed by atoms with van der Waals surface area (Å²) in [6.07, 6.45) is 1.30. The van der Waals surface area contributed by atoms with E-state index in [1.165, 1.54) is 5.69 Å². The molecule has 1 aliphatic heterocycles. The van der Waals surface area contributed by atoms with Gasteiger partial charge in [-0.25, -0.2) is 4.79 Å². The first-order valence-electron chi connectivity index (χ1n) is 9.87. The average molecular weight is 378 g/mol. The minimum atomic E-state index is -0.0693. The smallest absolute Gasteiger partial charge is 0.328 e. The van der Waals surface area contributed by atoms with Crippen LogP contribution >= 0.6 is 0 Å². The maximum absolute atomic E-state index is 12.8. The summed E-state index contributed by atoms with van der Waals surface area (Å²) in [6, 6.07) is 18.1. The van der Waals surface area contributed by atoms with Crippen LogP contribution in [-0.4, -0.2) is 46.1 Å². The molecule has 2 heterocycles. The lowest BCUT2D eigenvalue weighted by atomic mass is 10.3. The van der Waals surface area contributed by atoms with Crippen LogP contribution in [0.25, 0.3) is 11.0 Å². The fourth-order valence-electron chi connectivity index (χ4n) is 4.01. The quantitative estimate of drug-likeness (QED) is 0.701. The molecule has 0 aliphatic carbocycles. The molecule has 6 nitrogen and oxygen atoms in total. The first kappa shape index (κ1) is 18.3. The maximum atomic E-state index is 12.8. The highest BCUT2D eigenvalue weighted by Gasteiger charge is 2.20. The van der Waals surface area contributed by atoms with Gasteiger partial charge in [-0.3, -0.25) is 13.9 Å². The molecule has 0 saturated carbocycles. The van der Waals surface area contributed by atoms with Gasteiger partial charge in [0.15, 0.2) is 0 Å². The lowest BCUT2D eigenvalue weighted by Crippen LogP contribution is -2.36. The van der Waals surface area contributed by atoms with Crippen molar-refractivity contribution in [1.82, 2.24) is 14.0 Å². The lowest BCUT2D eigenvalue weighted by Gasteiger charge is -2.23. The number of hydrogen-bond acceptors (Lipinski definition) is 3. The molecule has 146 valence electrons. The topological polar surface area (TPSA) is 50.5 Å². The number of anilines is 1. The number of aryl methyl sites for hydroxylation is 2. The summed E-state index contributed by atoms with van der Waals surface area (Å²) in [5.41, 5.74) is 2.92. The molecule has 0 unspecified atom stereocenters. The summed E-state index contributed by atoms with van der Waals surface area (Å²) in [4.78, 5) is 29.6. The Bertz CT molecular complexity index is 1020. The van der Waals surface area contributed by atoms with Crippen LogP contribution in [0.1, 0.15) is 12.8 Å². The number of imidazole rings is 1. The van der Waals surface area contributed by atoms with E-state index in [1.54, 1.807) is 16.2 Å². The fourth-order valence-corrected chi connectivity index (χ4v) is 4.01. The van der Waals surface area contributed by atoms with Gasteiger partial charge >= 0.3 is 5.69 Å². The van der Waals surface area contributed by atoms with Crippen molar-refractivity contribution in [2.45, 2.75) is 19.4 Å². The molecule has 4 rings (SSSR count). The van der Waals surface area contributed by atoms with Crippen LogP contribution in [0.2, 0.25) is 0 Å². The van der Waals surface area contributed by atoms with E-state index in [1.807, 2.05) is 47.4 Å². The van der Waals surface area contributed by atoms with Crippen molar-refractivity contribution >= 4 is 22.6 Å². The van der Waals surface area contributed by atoms with E-state index in [-0.39, 0.29) is 11.6 Å². The largest absolute Gasteiger partial charge is 0.370 e. The average Bonchev–Trinajstić information content (AvgIpc) is 2.90. The zero-order valence-corrected chi connectivity index (χ0v) is 16.3. The van der Waals surface area contributed by atoms with Gasteiger partial charge in [0.1, 0.15) is 0 Å². The van der Waals surface area contributed by atoms with Crippen molar-refractivity contribution in [2.75, 3.05) is 31.1 Å². The number of benzene rings is 2. The van der Waals surface area contributed by atoms with Crippen LogP contribution in [0.15, 0.2) is 59.4 Å². The number of amides is 1. The molecule has 0 radical (unpaired) electrons. The van der Waals surface area contributed by atoms with Gasteiger partial charge in [-0.1, -0.05) is 30.3 Å². The number of para-hydroxylation sites is 3. The van der Waals surface area contributed by atoms with Gasteiger partial charge in [0.2, 0.25) is 5.91 Å². The second-order valence-corrected chi connectivity index (χ2v) is 7.29. The zero-order chi connectivity index (χ0) is 19.5. The van der Waals surface area contributed by atoms with E-state index in [2.05, 4.69) is 17.0 Å². The Balaban J connectivity index is 1.41. The molecule has 0 atom stereocenters. The minimum Gasteiger partial charge on any atom is -0.370 e. The Morgan fingerprint density at radius 1 is 0.893 bits per heavy atom. The molecule has 0 N–H and O–H groups in total. The number of hydrogen-bond donors (Lipinski definition) is 0. The van der Waals surface area contributed by atoms with Crippen molar-refractivity contribution in [3.63, 3.8) is 0 Å². The third-order valence-electron chi connectivity index (χ3n) is 5.57. The molecule has 1 aliphatic rings. The Morgan fingerprint density at radius 3 is 2.39 bits per heavy atom. The molecule has 1 amide bonds. The second-order valence-electron chi connectivity index (χ2n) is 7.29. The SMILES string of the molecule is Cn1c(=O)n(CCC(=O)N2CCCN(c3ccccc3)CC2)c2ccccc21. The van der Waals surface area contributed by atoms with E-state index in [4.69, 9.17) is 0 Å². The fraction of sp³-hybridized carbons (Fsp3) is 0.364. The molecule has 6 heteroatoms. The van der Waals surface area contributed by atoms with Crippen molar-refractivity contribution < 1.29 is 4.79 Å². The maximum Gasteiger partial charge on any atom is 0.328 e. The molecule has 28 heavy (non-hydrogen) atoms. The van der Waals surface area contributed by atoms with Gasteiger partial charge in [-0.15, -0.1) is 0 Å². The van der Waals surface area contributed by atoms with Crippen LogP contribution in [-0.2, 0) is 18.4 Å². The predicted octanol–water partition coefficient (Wildman–Crippen LogP) is 2.47. The van der Waals surface area contributed by atoms with Crippen molar-refractivity contribution in [3.05, 3.63) is 65.1 Å². The molecule has 1 saturated heterocycles. The highest BCUT2D eigenvalue weighted by Crippen LogP contribution is 2.17. The second kappa shape index (κ2) is 7.92. The number of carbonyl (C=O) groups excluding carboxylic acids is 1. The molecule has 2 aromatic carbocycles. The summed E-state index contributed by atoms with van der Waals surface area (Å²) < 4.78 is 3.35. The highest BCUT2D eigenvalue weighted by atomic mass is 16.2. The summed E-state index contributed by atoms with van der Waals surface area (Å²) in [6.45, 7) is 3.70. The molecular weight excluding hydrogens is 352 g/mol. The number of carbonyl (C=O) groups is 1. The standard InChI is InChI=1S/C22H26N4O2/c1-23-19-10-5-6-11-20(19)26(22(23)28)15-12-21(27)25-14-7-13-24(16-17-25)18-8-3-2-4-9-18/h2-6,8-11H,7,12-17H2,1H3. The van der Waals surface area contributed by atoms with Crippen LogP contribution in [0.4, 0.5) is 5.69 Å². The van der Waals surface area contributed by atoms with Crippen LogP contribution in [0.5, 0.6) is 0 Å². The molecule has 1 aromatic heterocycles. The normalized spacial score (nSPS) is 15.0. The Kier molecular flexibility index (Phi) is 5.19. The number of aromatic nitrogens is 2. The number of fused-ring (bicyclic) bond motifs is 1. The number of rotatable bonds is 4. The van der Waals surface area contributed by atoms with Gasteiger partial charge < -0.3 is 9.80 Å². The van der Waals surface area contributed by atoms with E-state index in [9.17, 15) is 9.59 Å². The van der Waals surface area contributed by atoms with Gasteiger partial charge in [0.05, 0.1) is 11.0 Å². The Hall–Kier alpha value is -3.02. The molecule has 0 bridgehead atoms. The summed E-state index contributed by atoms with van der Waals surface area (Å²) >= 11 is 0. The first-order valence-corrected chi connectivity index (χ1v) is 9.87. The van der Waals surface area contributed by atoms with E-state index in [0.717, 1.165) is 43.6 Å². The van der Waals surface area contributed by atoms with Gasteiger partial charge in [-0.05, 0) is 30.7 Å². The Morgan fingerprint density at radius 2 is 1.61 bits per heavy atom. The van der Waals surface area contributed by atoms with Crippen LogP contribution in [0, 0.1) is 0 Å². The van der Waals surface area contributed by atoms with Crippen molar-refractivity contribution in [1.29, 1.82) is 0 Å². The van der Waals surface area contributed by atoms with Crippen molar-refractivity contribution in [2.24, 2.45) is 7.05 Å².